The van der Waals surface area contributed by atoms with Gasteiger partial charge in [-0.3, -0.25) is 4.79 Å². The van der Waals surface area contributed by atoms with Crippen LogP contribution in [0.1, 0.15) is 25.7 Å². The fraction of sp³-hybridized carbons (Fsp3) is 0.500. The predicted molar refractivity (Wildman–Crippen MR) is 71.7 cm³/mol. The molecule has 0 spiro atoms. The Morgan fingerprint density at radius 1 is 1.12 bits per heavy atom. The average molecular weight is 294 g/mol. The largest absolute Gasteiger partial charge is 0.326 e. The zero-order chi connectivity index (χ0) is 11.8. The summed E-state index contributed by atoms with van der Waals surface area (Å²) in [6.07, 6.45) is 5.12. The standard InChI is InChI=1S/C14H16BrNO/c15-9-5-7-10(8-6-9)16-14(17)13-11-3-1-2-4-12(11)13/h5-8,11-13H,1-4H2,(H,16,17). The first-order valence-corrected chi connectivity index (χ1v) is 7.11. The minimum absolute atomic E-state index is 0.226. The fourth-order valence-electron chi connectivity index (χ4n) is 3.14. The molecule has 17 heavy (non-hydrogen) atoms. The highest BCUT2D eigenvalue weighted by Crippen LogP contribution is 2.55. The van der Waals surface area contributed by atoms with Crippen LogP contribution in [0.2, 0.25) is 0 Å². The van der Waals surface area contributed by atoms with E-state index in [0.29, 0.717) is 17.8 Å². The van der Waals surface area contributed by atoms with Gasteiger partial charge in [-0.2, -0.15) is 0 Å². The first-order valence-electron chi connectivity index (χ1n) is 6.32. The molecule has 0 heterocycles. The Morgan fingerprint density at radius 2 is 1.71 bits per heavy atom. The number of carbonyl (C=O) groups is 1. The minimum atomic E-state index is 0.226. The third-order valence-electron chi connectivity index (χ3n) is 4.07. The number of amides is 1. The molecule has 1 aromatic carbocycles. The molecule has 0 radical (unpaired) electrons. The summed E-state index contributed by atoms with van der Waals surface area (Å²) in [4.78, 5) is 12.1. The molecule has 1 N–H and O–H groups in total. The predicted octanol–water partition coefficient (Wildman–Crippen LogP) is 3.82. The van der Waals surface area contributed by atoms with Gasteiger partial charge < -0.3 is 5.32 Å². The van der Waals surface area contributed by atoms with Crippen molar-refractivity contribution in [3.8, 4) is 0 Å². The normalized spacial score (nSPS) is 30.5. The first-order chi connectivity index (χ1) is 8.25. The molecule has 2 nitrogen and oxygen atoms in total. The summed E-state index contributed by atoms with van der Waals surface area (Å²) in [5, 5.41) is 3.03. The van der Waals surface area contributed by atoms with Gasteiger partial charge in [-0.25, -0.2) is 0 Å². The fourth-order valence-corrected chi connectivity index (χ4v) is 3.40. The van der Waals surface area contributed by atoms with E-state index in [0.717, 1.165) is 10.2 Å². The number of benzene rings is 1. The van der Waals surface area contributed by atoms with E-state index in [-0.39, 0.29) is 5.91 Å². The van der Waals surface area contributed by atoms with Gasteiger partial charge in [0.25, 0.3) is 0 Å². The number of carbonyl (C=O) groups excluding carboxylic acids is 1. The second-order valence-electron chi connectivity index (χ2n) is 5.13. The van der Waals surface area contributed by atoms with Gasteiger partial charge in [-0.15, -0.1) is 0 Å². The molecule has 2 fully saturated rings. The lowest BCUT2D eigenvalue weighted by atomic mass is 10.0. The van der Waals surface area contributed by atoms with Crippen LogP contribution in [0.3, 0.4) is 0 Å². The maximum Gasteiger partial charge on any atom is 0.228 e. The highest BCUT2D eigenvalue weighted by Gasteiger charge is 2.54. The van der Waals surface area contributed by atoms with E-state index in [9.17, 15) is 4.79 Å². The molecule has 0 bridgehead atoms. The van der Waals surface area contributed by atoms with Crippen LogP contribution in [0.15, 0.2) is 28.7 Å². The molecular weight excluding hydrogens is 278 g/mol. The Balaban J connectivity index is 1.62. The van der Waals surface area contributed by atoms with Gasteiger partial charge >= 0.3 is 0 Å². The molecule has 2 atom stereocenters. The monoisotopic (exact) mass is 293 g/mol. The Hall–Kier alpha value is -0.830. The zero-order valence-electron chi connectivity index (χ0n) is 9.66. The number of hydrogen-bond donors (Lipinski definition) is 1. The van der Waals surface area contributed by atoms with Gasteiger partial charge in [-0.05, 0) is 48.9 Å². The average Bonchev–Trinajstić information content (AvgIpc) is 3.06. The van der Waals surface area contributed by atoms with Crippen molar-refractivity contribution in [1.29, 1.82) is 0 Å². The number of rotatable bonds is 2. The van der Waals surface area contributed by atoms with Crippen LogP contribution in [0.25, 0.3) is 0 Å². The number of hydrogen-bond acceptors (Lipinski definition) is 1. The van der Waals surface area contributed by atoms with Crippen molar-refractivity contribution < 1.29 is 4.79 Å². The van der Waals surface area contributed by atoms with Gasteiger partial charge in [0, 0.05) is 16.1 Å². The molecule has 1 aromatic rings. The van der Waals surface area contributed by atoms with E-state index in [2.05, 4.69) is 21.2 Å². The smallest absolute Gasteiger partial charge is 0.228 e. The van der Waals surface area contributed by atoms with Crippen LogP contribution >= 0.6 is 15.9 Å². The number of fused-ring (bicyclic) bond motifs is 1. The van der Waals surface area contributed by atoms with E-state index in [4.69, 9.17) is 0 Å². The lowest BCUT2D eigenvalue weighted by Crippen LogP contribution is -2.15. The molecule has 0 aromatic heterocycles. The van der Waals surface area contributed by atoms with E-state index < -0.39 is 0 Å². The summed E-state index contributed by atoms with van der Waals surface area (Å²) in [5.41, 5.74) is 0.904. The van der Waals surface area contributed by atoms with Crippen molar-refractivity contribution in [2.75, 3.05) is 5.32 Å². The number of anilines is 1. The second kappa shape index (κ2) is 4.45. The Bertz CT molecular complexity index is 416. The molecule has 2 saturated carbocycles. The van der Waals surface area contributed by atoms with E-state index in [1.807, 2.05) is 24.3 Å². The first kappa shape index (κ1) is 11.3. The molecule has 2 aliphatic carbocycles. The summed E-state index contributed by atoms with van der Waals surface area (Å²) in [5.74, 6) is 1.88. The summed E-state index contributed by atoms with van der Waals surface area (Å²) in [6, 6.07) is 7.78. The topological polar surface area (TPSA) is 29.1 Å². The Morgan fingerprint density at radius 3 is 2.29 bits per heavy atom. The maximum atomic E-state index is 12.1. The molecule has 1 amide bonds. The highest BCUT2D eigenvalue weighted by atomic mass is 79.9. The molecule has 90 valence electrons. The van der Waals surface area contributed by atoms with Crippen LogP contribution in [0.5, 0.6) is 0 Å². The molecule has 3 heteroatoms. The van der Waals surface area contributed by atoms with Crippen molar-refractivity contribution in [3.63, 3.8) is 0 Å². The van der Waals surface area contributed by atoms with E-state index >= 15 is 0 Å². The van der Waals surface area contributed by atoms with Crippen molar-refractivity contribution >= 4 is 27.5 Å². The van der Waals surface area contributed by atoms with Crippen molar-refractivity contribution in [2.24, 2.45) is 17.8 Å². The molecule has 2 unspecified atom stereocenters. The number of halogens is 1. The molecule has 3 rings (SSSR count). The Labute approximate surface area is 110 Å². The molecular formula is C14H16BrNO. The van der Waals surface area contributed by atoms with Crippen molar-refractivity contribution in [3.05, 3.63) is 28.7 Å². The van der Waals surface area contributed by atoms with Crippen LogP contribution in [0, 0.1) is 17.8 Å². The number of nitrogens with one attached hydrogen (secondary N) is 1. The minimum Gasteiger partial charge on any atom is -0.326 e. The van der Waals surface area contributed by atoms with E-state index in [1.165, 1.54) is 25.7 Å². The van der Waals surface area contributed by atoms with Gasteiger partial charge in [0.2, 0.25) is 5.91 Å². The third kappa shape index (κ3) is 2.25. The van der Waals surface area contributed by atoms with Gasteiger partial charge in [0.1, 0.15) is 0 Å². The van der Waals surface area contributed by atoms with Crippen molar-refractivity contribution in [1.82, 2.24) is 0 Å². The Kier molecular flexibility index (Phi) is 2.95. The quantitative estimate of drug-likeness (QED) is 0.882. The van der Waals surface area contributed by atoms with Gasteiger partial charge in [0.15, 0.2) is 0 Å². The van der Waals surface area contributed by atoms with Crippen LogP contribution < -0.4 is 5.32 Å². The molecule has 0 saturated heterocycles. The summed E-state index contributed by atoms with van der Waals surface area (Å²) in [7, 11) is 0. The van der Waals surface area contributed by atoms with Crippen LogP contribution in [-0.2, 0) is 4.79 Å². The lowest BCUT2D eigenvalue weighted by Gasteiger charge is -2.04. The second-order valence-corrected chi connectivity index (χ2v) is 6.05. The molecule has 0 aliphatic heterocycles. The molecule has 2 aliphatic rings. The summed E-state index contributed by atoms with van der Waals surface area (Å²) in [6.45, 7) is 0. The highest BCUT2D eigenvalue weighted by molar-refractivity contribution is 9.10. The maximum absolute atomic E-state index is 12.1. The van der Waals surface area contributed by atoms with Gasteiger partial charge in [-0.1, -0.05) is 28.8 Å². The van der Waals surface area contributed by atoms with Crippen LogP contribution in [0.4, 0.5) is 5.69 Å². The van der Waals surface area contributed by atoms with Gasteiger partial charge in [0.05, 0.1) is 0 Å². The van der Waals surface area contributed by atoms with Crippen LogP contribution in [-0.4, -0.2) is 5.91 Å². The third-order valence-corrected chi connectivity index (χ3v) is 4.60. The SMILES string of the molecule is O=C(Nc1ccc(Br)cc1)C1C2CCCCC21. The van der Waals surface area contributed by atoms with E-state index in [1.54, 1.807) is 0 Å². The summed E-state index contributed by atoms with van der Waals surface area (Å²) < 4.78 is 1.04. The summed E-state index contributed by atoms with van der Waals surface area (Å²) >= 11 is 3.39. The van der Waals surface area contributed by atoms with Crippen molar-refractivity contribution in [2.45, 2.75) is 25.7 Å². The lowest BCUT2D eigenvalue weighted by molar-refractivity contribution is -0.117. The zero-order valence-corrected chi connectivity index (χ0v) is 11.2.